The Morgan fingerprint density at radius 2 is 2.00 bits per heavy atom. The zero-order valence-corrected chi connectivity index (χ0v) is 12.4. The SMILES string of the molecule is CC(=O)[C@H]1C(=O)C[C@@](C)(O)[C@H](C(C)=O)[C@@H]1c1cccnc1. The highest BCUT2D eigenvalue weighted by atomic mass is 16.3. The monoisotopic (exact) mass is 289 g/mol. The van der Waals surface area contributed by atoms with Gasteiger partial charge in [-0.05, 0) is 32.4 Å². The van der Waals surface area contributed by atoms with Crippen molar-refractivity contribution < 1.29 is 19.5 Å². The highest BCUT2D eigenvalue weighted by molar-refractivity contribution is 6.05. The minimum absolute atomic E-state index is 0.182. The molecule has 0 unspecified atom stereocenters. The molecule has 0 aliphatic heterocycles. The zero-order valence-electron chi connectivity index (χ0n) is 12.4. The van der Waals surface area contributed by atoms with Crippen molar-refractivity contribution in [1.29, 1.82) is 0 Å². The van der Waals surface area contributed by atoms with Crippen molar-refractivity contribution in [2.45, 2.75) is 38.7 Å². The van der Waals surface area contributed by atoms with E-state index in [-0.39, 0.29) is 23.8 Å². The number of Topliss-reactive ketones (excluding diaryl/α,β-unsaturated/α-hetero) is 3. The van der Waals surface area contributed by atoms with E-state index in [1.807, 2.05) is 0 Å². The van der Waals surface area contributed by atoms with Gasteiger partial charge in [0.05, 0.1) is 17.4 Å². The van der Waals surface area contributed by atoms with Gasteiger partial charge in [-0.2, -0.15) is 0 Å². The number of carbonyl (C=O) groups is 3. The highest BCUT2D eigenvalue weighted by Crippen LogP contribution is 2.46. The molecule has 112 valence electrons. The summed E-state index contributed by atoms with van der Waals surface area (Å²) in [5.41, 5.74) is -0.818. The standard InChI is InChI=1S/C16H19NO4/c1-9(18)13-12(20)7-16(3,21)15(10(2)19)14(13)11-5-4-6-17-8-11/h4-6,8,13-15,21H,7H2,1-3H3/t13-,14+,15+,16+/m0/s1. The predicted molar refractivity (Wildman–Crippen MR) is 75.6 cm³/mol. The zero-order chi connectivity index (χ0) is 15.8. The van der Waals surface area contributed by atoms with E-state index in [0.717, 1.165) is 0 Å². The van der Waals surface area contributed by atoms with Crippen LogP contribution in [0.15, 0.2) is 24.5 Å². The summed E-state index contributed by atoms with van der Waals surface area (Å²) in [6.07, 6.45) is 2.95. The number of aromatic nitrogens is 1. The van der Waals surface area contributed by atoms with E-state index in [0.29, 0.717) is 5.56 Å². The van der Waals surface area contributed by atoms with Crippen LogP contribution in [0.4, 0.5) is 0 Å². The van der Waals surface area contributed by atoms with E-state index in [4.69, 9.17) is 0 Å². The molecule has 1 saturated carbocycles. The second kappa shape index (κ2) is 5.48. The maximum atomic E-state index is 12.3. The number of hydrogen-bond acceptors (Lipinski definition) is 5. The van der Waals surface area contributed by atoms with Crippen LogP contribution in [0.25, 0.3) is 0 Å². The highest BCUT2D eigenvalue weighted by Gasteiger charge is 2.53. The Kier molecular flexibility index (Phi) is 4.05. The minimum atomic E-state index is -1.45. The number of hydrogen-bond donors (Lipinski definition) is 1. The number of aliphatic hydroxyl groups is 1. The van der Waals surface area contributed by atoms with Gasteiger partial charge in [0, 0.05) is 24.7 Å². The molecule has 2 rings (SSSR count). The molecule has 4 atom stereocenters. The van der Waals surface area contributed by atoms with Crippen molar-refractivity contribution in [3.05, 3.63) is 30.1 Å². The molecule has 5 heteroatoms. The number of ketones is 3. The third-order valence-corrected chi connectivity index (χ3v) is 4.21. The molecule has 1 aromatic rings. The summed E-state index contributed by atoms with van der Waals surface area (Å²) in [6, 6.07) is 3.43. The Bertz CT molecular complexity index is 579. The third kappa shape index (κ3) is 2.78. The molecule has 0 spiro atoms. The van der Waals surface area contributed by atoms with Crippen LogP contribution in [-0.4, -0.2) is 33.0 Å². The molecule has 1 aliphatic rings. The maximum Gasteiger partial charge on any atom is 0.146 e. The van der Waals surface area contributed by atoms with Gasteiger partial charge in [0.2, 0.25) is 0 Å². The molecular weight excluding hydrogens is 270 g/mol. The normalized spacial score (nSPS) is 32.8. The van der Waals surface area contributed by atoms with Crippen molar-refractivity contribution >= 4 is 17.3 Å². The molecular formula is C16H19NO4. The number of nitrogens with zero attached hydrogens (tertiary/aromatic N) is 1. The van der Waals surface area contributed by atoms with Crippen LogP contribution in [0, 0.1) is 11.8 Å². The molecule has 1 heterocycles. The minimum Gasteiger partial charge on any atom is -0.389 e. The van der Waals surface area contributed by atoms with Crippen molar-refractivity contribution in [3.8, 4) is 0 Å². The molecule has 0 aromatic carbocycles. The number of carbonyl (C=O) groups excluding carboxylic acids is 3. The molecule has 21 heavy (non-hydrogen) atoms. The lowest BCUT2D eigenvalue weighted by molar-refractivity contribution is -0.151. The smallest absolute Gasteiger partial charge is 0.146 e. The van der Waals surface area contributed by atoms with Gasteiger partial charge in [0.15, 0.2) is 0 Å². The van der Waals surface area contributed by atoms with Gasteiger partial charge in [-0.15, -0.1) is 0 Å². The van der Waals surface area contributed by atoms with Gasteiger partial charge in [0.1, 0.15) is 17.3 Å². The molecule has 1 fully saturated rings. The second-order valence-corrected chi connectivity index (χ2v) is 5.99. The third-order valence-electron chi connectivity index (χ3n) is 4.21. The van der Waals surface area contributed by atoms with Crippen LogP contribution in [-0.2, 0) is 14.4 Å². The van der Waals surface area contributed by atoms with Crippen molar-refractivity contribution in [3.63, 3.8) is 0 Å². The molecule has 0 bridgehead atoms. The van der Waals surface area contributed by atoms with Gasteiger partial charge in [-0.1, -0.05) is 6.07 Å². The first-order valence-electron chi connectivity index (χ1n) is 6.91. The second-order valence-electron chi connectivity index (χ2n) is 5.99. The Hall–Kier alpha value is -1.88. The van der Waals surface area contributed by atoms with Gasteiger partial charge >= 0.3 is 0 Å². The first-order chi connectivity index (χ1) is 9.75. The average Bonchev–Trinajstić information content (AvgIpc) is 2.36. The lowest BCUT2D eigenvalue weighted by Gasteiger charge is -2.44. The Morgan fingerprint density at radius 1 is 1.33 bits per heavy atom. The quantitative estimate of drug-likeness (QED) is 0.848. The van der Waals surface area contributed by atoms with Crippen molar-refractivity contribution in [2.24, 2.45) is 11.8 Å². The summed E-state index contributed by atoms with van der Waals surface area (Å²) < 4.78 is 0. The molecule has 1 aromatic heterocycles. The Morgan fingerprint density at radius 3 is 2.48 bits per heavy atom. The van der Waals surface area contributed by atoms with E-state index in [1.165, 1.54) is 20.8 Å². The fourth-order valence-corrected chi connectivity index (χ4v) is 3.48. The molecule has 5 nitrogen and oxygen atoms in total. The van der Waals surface area contributed by atoms with Crippen LogP contribution < -0.4 is 0 Å². The van der Waals surface area contributed by atoms with Gasteiger partial charge in [-0.3, -0.25) is 19.4 Å². The average molecular weight is 289 g/mol. The first kappa shape index (κ1) is 15.5. The van der Waals surface area contributed by atoms with E-state index < -0.39 is 23.4 Å². The van der Waals surface area contributed by atoms with Crippen LogP contribution in [0.5, 0.6) is 0 Å². The van der Waals surface area contributed by atoms with E-state index >= 15 is 0 Å². The number of rotatable bonds is 3. The summed E-state index contributed by atoms with van der Waals surface area (Å²) in [5.74, 6) is -3.19. The molecule has 1 N–H and O–H groups in total. The van der Waals surface area contributed by atoms with Crippen LogP contribution in [0.1, 0.15) is 38.7 Å². The molecule has 0 radical (unpaired) electrons. The topological polar surface area (TPSA) is 84.3 Å². The van der Waals surface area contributed by atoms with Gasteiger partial charge < -0.3 is 5.11 Å². The summed E-state index contributed by atoms with van der Waals surface area (Å²) in [7, 11) is 0. The van der Waals surface area contributed by atoms with E-state index in [2.05, 4.69) is 4.98 Å². The first-order valence-corrected chi connectivity index (χ1v) is 6.91. The summed E-state index contributed by atoms with van der Waals surface area (Å²) >= 11 is 0. The summed E-state index contributed by atoms with van der Waals surface area (Å²) in [6.45, 7) is 4.22. The molecule has 0 saturated heterocycles. The lowest BCUT2D eigenvalue weighted by Crippen LogP contribution is -2.53. The van der Waals surface area contributed by atoms with Crippen LogP contribution >= 0.6 is 0 Å². The van der Waals surface area contributed by atoms with Crippen molar-refractivity contribution in [2.75, 3.05) is 0 Å². The fraction of sp³-hybridized carbons (Fsp3) is 0.500. The summed E-state index contributed by atoms with van der Waals surface area (Å²) in [4.78, 5) is 40.3. The summed E-state index contributed by atoms with van der Waals surface area (Å²) in [5, 5.41) is 10.5. The van der Waals surface area contributed by atoms with Crippen LogP contribution in [0.2, 0.25) is 0 Å². The Balaban J connectivity index is 2.61. The fourth-order valence-electron chi connectivity index (χ4n) is 3.48. The predicted octanol–water partition coefficient (Wildman–Crippen LogP) is 1.30. The molecule has 1 aliphatic carbocycles. The van der Waals surface area contributed by atoms with E-state index in [9.17, 15) is 19.5 Å². The number of pyridine rings is 1. The van der Waals surface area contributed by atoms with Gasteiger partial charge in [-0.25, -0.2) is 0 Å². The van der Waals surface area contributed by atoms with Crippen LogP contribution in [0.3, 0.4) is 0 Å². The lowest BCUT2D eigenvalue weighted by atomic mass is 9.60. The maximum absolute atomic E-state index is 12.3. The van der Waals surface area contributed by atoms with Crippen molar-refractivity contribution in [1.82, 2.24) is 4.98 Å². The Labute approximate surface area is 123 Å². The van der Waals surface area contributed by atoms with Gasteiger partial charge in [0.25, 0.3) is 0 Å². The molecule has 0 amide bonds. The van der Waals surface area contributed by atoms with E-state index in [1.54, 1.807) is 24.5 Å². The largest absolute Gasteiger partial charge is 0.389 e.